The lowest BCUT2D eigenvalue weighted by Crippen LogP contribution is -2.39. The summed E-state index contributed by atoms with van der Waals surface area (Å²) in [5, 5.41) is -2.09. The van der Waals surface area contributed by atoms with Crippen molar-refractivity contribution in [3.63, 3.8) is 0 Å². The minimum atomic E-state index is -4.97. The van der Waals surface area contributed by atoms with Gasteiger partial charge in [-0.1, -0.05) is 12.1 Å². The van der Waals surface area contributed by atoms with E-state index >= 15 is 0 Å². The zero-order valence-corrected chi connectivity index (χ0v) is 14.5. The van der Waals surface area contributed by atoms with Gasteiger partial charge >= 0.3 is 15.2 Å². The van der Waals surface area contributed by atoms with Crippen LogP contribution >= 0.6 is 15.2 Å². The first-order chi connectivity index (χ1) is 11.1. The van der Waals surface area contributed by atoms with Crippen LogP contribution in [0, 0.1) is 0 Å². The number of rotatable bonds is 6. The number of pyridine rings is 1. The summed E-state index contributed by atoms with van der Waals surface area (Å²) in [6.07, 6.45) is 3.05. The molecule has 0 aliphatic carbocycles. The Kier molecular flexibility index (Phi) is 5.60. The molecule has 0 atom stereocenters. The van der Waals surface area contributed by atoms with Crippen LogP contribution in [0.5, 0.6) is 5.75 Å². The van der Waals surface area contributed by atoms with Crippen LogP contribution in [-0.4, -0.2) is 32.1 Å². The molecule has 0 aliphatic rings. The Labute approximate surface area is 138 Å². The van der Waals surface area contributed by atoms with Crippen molar-refractivity contribution in [1.82, 2.24) is 0 Å². The molecule has 24 heavy (non-hydrogen) atoms. The Morgan fingerprint density at radius 3 is 2.25 bits per heavy atom. The molecule has 1 aromatic carbocycles. The SMILES string of the molecule is COc1cccc(-c2ccc[n+](CC(P(=O)(O)O)P(=O)(O)O)c2)c1. The van der Waals surface area contributed by atoms with Crippen molar-refractivity contribution in [2.24, 2.45) is 0 Å². The van der Waals surface area contributed by atoms with E-state index in [1.54, 1.807) is 36.5 Å². The molecular weight excluding hydrogens is 356 g/mol. The quantitative estimate of drug-likeness (QED) is 0.444. The van der Waals surface area contributed by atoms with Crippen LogP contribution < -0.4 is 9.30 Å². The van der Waals surface area contributed by atoms with Gasteiger partial charge < -0.3 is 24.3 Å². The maximum Gasteiger partial charge on any atom is 0.347 e. The minimum Gasteiger partial charge on any atom is -0.497 e. The summed E-state index contributed by atoms with van der Waals surface area (Å²) in [6.45, 7) is -0.508. The van der Waals surface area contributed by atoms with Crippen molar-refractivity contribution >= 4 is 15.2 Å². The van der Waals surface area contributed by atoms with Crippen molar-refractivity contribution in [3.05, 3.63) is 48.8 Å². The zero-order chi connectivity index (χ0) is 18.0. The minimum absolute atomic E-state index is 0.508. The predicted molar refractivity (Wildman–Crippen MR) is 86.5 cm³/mol. The van der Waals surface area contributed by atoms with E-state index in [0.717, 1.165) is 5.56 Å². The third kappa shape index (κ3) is 4.74. The molecule has 0 radical (unpaired) electrons. The molecule has 0 spiro atoms. The fourth-order valence-electron chi connectivity index (χ4n) is 2.21. The van der Waals surface area contributed by atoms with Gasteiger partial charge in [0.25, 0.3) is 0 Å². The Bertz CT molecular complexity index is 792. The van der Waals surface area contributed by atoms with Crippen molar-refractivity contribution in [1.29, 1.82) is 0 Å². The van der Waals surface area contributed by atoms with Gasteiger partial charge in [-0.05, 0) is 23.8 Å². The number of benzene rings is 1. The first kappa shape index (κ1) is 18.8. The van der Waals surface area contributed by atoms with Gasteiger partial charge in [0.15, 0.2) is 18.9 Å². The van der Waals surface area contributed by atoms with Gasteiger partial charge in [-0.15, -0.1) is 0 Å². The molecule has 0 bridgehead atoms. The fraction of sp³-hybridized carbons (Fsp3) is 0.214. The van der Waals surface area contributed by atoms with Crippen LogP contribution in [-0.2, 0) is 15.7 Å². The van der Waals surface area contributed by atoms with E-state index in [4.69, 9.17) is 4.74 Å². The van der Waals surface area contributed by atoms with Crippen LogP contribution in [0.3, 0.4) is 0 Å². The Hall–Kier alpha value is -1.53. The maximum atomic E-state index is 11.4. The van der Waals surface area contributed by atoms with E-state index in [1.165, 1.54) is 17.9 Å². The molecule has 0 fully saturated rings. The Morgan fingerprint density at radius 1 is 1.04 bits per heavy atom. The molecule has 130 valence electrons. The number of aromatic nitrogens is 1. The molecule has 0 unspecified atom stereocenters. The third-order valence-electron chi connectivity index (χ3n) is 3.41. The van der Waals surface area contributed by atoms with Gasteiger partial charge in [-0.25, -0.2) is 4.57 Å². The lowest BCUT2D eigenvalue weighted by atomic mass is 10.1. The van der Waals surface area contributed by atoms with Crippen molar-refractivity contribution in [2.75, 3.05) is 7.11 Å². The summed E-state index contributed by atoms with van der Waals surface area (Å²) in [7, 11) is -8.40. The van der Waals surface area contributed by atoms with E-state index in [9.17, 15) is 28.7 Å². The third-order valence-corrected chi connectivity index (χ3v) is 7.10. The van der Waals surface area contributed by atoms with Gasteiger partial charge in [-0.2, -0.15) is 0 Å². The monoisotopic (exact) mass is 374 g/mol. The highest BCUT2D eigenvalue weighted by atomic mass is 31.2. The molecule has 2 aromatic rings. The molecule has 0 aliphatic heterocycles. The molecule has 10 heteroatoms. The number of methoxy groups -OCH3 is 1. The van der Waals surface area contributed by atoms with Gasteiger partial charge in [0.2, 0.25) is 5.40 Å². The molecule has 2 rings (SSSR count). The Balaban J connectivity index is 2.36. The summed E-state index contributed by atoms with van der Waals surface area (Å²) in [6, 6.07) is 10.6. The van der Waals surface area contributed by atoms with Crippen LogP contribution in [0.15, 0.2) is 48.8 Å². The number of hydrogen-bond donors (Lipinski definition) is 4. The zero-order valence-electron chi connectivity index (χ0n) is 12.8. The van der Waals surface area contributed by atoms with Crippen LogP contribution in [0.2, 0.25) is 0 Å². The molecule has 1 heterocycles. The Morgan fingerprint density at radius 2 is 1.67 bits per heavy atom. The second-order valence-electron chi connectivity index (χ2n) is 5.18. The highest BCUT2D eigenvalue weighted by molar-refractivity contribution is 7.70. The lowest BCUT2D eigenvalue weighted by molar-refractivity contribution is -0.694. The first-order valence-electron chi connectivity index (χ1n) is 6.85. The topological polar surface area (TPSA) is 128 Å². The second kappa shape index (κ2) is 7.15. The average molecular weight is 374 g/mol. The smallest absolute Gasteiger partial charge is 0.347 e. The molecule has 8 nitrogen and oxygen atoms in total. The number of ether oxygens (including phenoxy) is 1. The first-order valence-corrected chi connectivity index (χ1v) is 10.2. The van der Waals surface area contributed by atoms with Gasteiger partial charge in [0.05, 0.1) is 7.11 Å². The molecule has 0 amide bonds. The van der Waals surface area contributed by atoms with E-state index in [-0.39, 0.29) is 0 Å². The molecular formula is C14H18NO7P2+. The second-order valence-corrected chi connectivity index (χ2v) is 9.19. The van der Waals surface area contributed by atoms with Gasteiger partial charge in [0.1, 0.15) is 5.75 Å². The van der Waals surface area contributed by atoms with Crippen molar-refractivity contribution < 1.29 is 38.0 Å². The fourth-order valence-corrected chi connectivity index (χ4v) is 4.58. The largest absolute Gasteiger partial charge is 0.497 e. The highest BCUT2D eigenvalue weighted by Crippen LogP contribution is 2.59. The predicted octanol–water partition coefficient (Wildman–Crippen LogP) is 1.33. The van der Waals surface area contributed by atoms with Crippen LogP contribution in [0.25, 0.3) is 11.1 Å². The average Bonchev–Trinajstić information content (AvgIpc) is 2.51. The van der Waals surface area contributed by atoms with E-state index in [1.807, 2.05) is 6.07 Å². The van der Waals surface area contributed by atoms with Gasteiger partial charge in [0, 0.05) is 11.6 Å². The highest BCUT2D eigenvalue weighted by Gasteiger charge is 2.46. The lowest BCUT2D eigenvalue weighted by Gasteiger charge is -2.16. The summed E-state index contributed by atoms with van der Waals surface area (Å²) in [5.41, 5.74) is 1.51. The molecule has 4 N–H and O–H groups in total. The van der Waals surface area contributed by atoms with Crippen LogP contribution in [0.4, 0.5) is 0 Å². The van der Waals surface area contributed by atoms with E-state index in [2.05, 4.69) is 0 Å². The standard InChI is InChI=1S/C14H17NO7P2/c1-22-13-6-2-4-11(8-13)12-5-3-7-15(9-12)10-14(23(16,17)18)24(19,20)21/h2-9,14H,10H2,1H3,(H3-,16,17,18,19,20,21)/p+1. The van der Waals surface area contributed by atoms with Crippen molar-refractivity contribution in [3.8, 4) is 16.9 Å². The van der Waals surface area contributed by atoms with Gasteiger partial charge in [-0.3, -0.25) is 9.13 Å². The summed E-state index contributed by atoms with van der Waals surface area (Å²) >= 11 is 0. The molecule has 0 saturated carbocycles. The van der Waals surface area contributed by atoms with Crippen molar-refractivity contribution in [2.45, 2.75) is 11.9 Å². The molecule has 0 saturated heterocycles. The number of nitrogens with zero attached hydrogens (tertiary/aromatic N) is 1. The summed E-state index contributed by atoms with van der Waals surface area (Å²) in [5.74, 6) is 0.645. The van der Waals surface area contributed by atoms with Crippen LogP contribution in [0.1, 0.15) is 0 Å². The maximum absolute atomic E-state index is 11.4. The normalized spacial score (nSPS) is 12.4. The summed E-state index contributed by atoms with van der Waals surface area (Å²) in [4.78, 5) is 36.9. The van der Waals surface area contributed by atoms with E-state index < -0.39 is 27.1 Å². The summed E-state index contributed by atoms with van der Waals surface area (Å²) < 4.78 is 29.3. The number of hydrogen-bond acceptors (Lipinski definition) is 3. The molecule has 1 aromatic heterocycles. The van der Waals surface area contributed by atoms with E-state index in [0.29, 0.717) is 11.3 Å².